The third kappa shape index (κ3) is 3.54. The molecule has 0 spiro atoms. The second kappa shape index (κ2) is 8.00. The predicted molar refractivity (Wildman–Crippen MR) is 130 cm³/mol. The average Bonchev–Trinajstić information content (AvgIpc) is 3.56. The van der Waals surface area contributed by atoms with Crippen molar-refractivity contribution in [3.05, 3.63) is 65.6 Å². The van der Waals surface area contributed by atoms with Crippen LogP contribution in [0.5, 0.6) is 0 Å². The molecular weight excluding hydrogens is 434 g/mol. The zero-order valence-corrected chi connectivity index (χ0v) is 19.0. The van der Waals surface area contributed by atoms with E-state index in [1.54, 1.807) is 11.3 Å². The molecule has 0 atom stereocenters. The maximum Gasteiger partial charge on any atom is 0.228 e. The molecular formula is C24H23N7OS. The first-order valence-electron chi connectivity index (χ1n) is 11.0. The Morgan fingerprint density at radius 2 is 1.88 bits per heavy atom. The number of nitrogens with zero attached hydrogens (tertiary/aromatic N) is 6. The van der Waals surface area contributed by atoms with Gasteiger partial charge in [-0.05, 0) is 31.2 Å². The van der Waals surface area contributed by atoms with Crippen LogP contribution in [-0.4, -0.2) is 61.3 Å². The molecule has 0 bridgehead atoms. The third-order valence-corrected chi connectivity index (χ3v) is 7.12. The van der Waals surface area contributed by atoms with Crippen LogP contribution in [0.1, 0.15) is 11.4 Å². The third-order valence-electron chi connectivity index (χ3n) is 6.23. The number of carbonyl (C=O) groups is 1. The highest BCUT2D eigenvalue weighted by Gasteiger charge is 2.26. The number of pyridine rings is 1. The maximum atomic E-state index is 13.1. The van der Waals surface area contributed by atoms with Gasteiger partial charge in [-0.2, -0.15) is 0 Å². The fourth-order valence-electron chi connectivity index (χ4n) is 4.48. The summed E-state index contributed by atoms with van der Waals surface area (Å²) < 4.78 is 2.01. The van der Waals surface area contributed by atoms with Gasteiger partial charge in [0, 0.05) is 32.4 Å². The van der Waals surface area contributed by atoms with Gasteiger partial charge in [0.05, 0.1) is 34.4 Å². The second-order valence-corrected chi connectivity index (χ2v) is 9.06. The number of aryl methyl sites for hydroxylation is 1. The number of aromatic amines is 1. The Balaban J connectivity index is 1.16. The van der Waals surface area contributed by atoms with Crippen molar-refractivity contribution in [2.45, 2.75) is 13.3 Å². The minimum Gasteiger partial charge on any atom is -0.358 e. The van der Waals surface area contributed by atoms with Gasteiger partial charge in [-0.25, -0.2) is 15.0 Å². The Hall–Kier alpha value is -3.72. The topological polar surface area (TPSA) is 82.4 Å². The monoisotopic (exact) mass is 457 g/mol. The Kier molecular flexibility index (Phi) is 4.83. The first-order chi connectivity index (χ1) is 16.2. The molecule has 1 N–H and O–H groups in total. The highest BCUT2D eigenvalue weighted by atomic mass is 32.1. The molecule has 6 rings (SSSR count). The molecule has 0 aliphatic carbocycles. The van der Waals surface area contributed by atoms with E-state index < -0.39 is 0 Å². The van der Waals surface area contributed by atoms with Crippen LogP contribution in [0.15, 0.2) is 54.2 Å². The van der Waals surface area contributed by atoms with E-state index in [2.05, 4.69) is 19.9 Å². The molecule has 1 aliphatic heterocycles. The molecule has 166 valence electrons. The van der Waals surface area contributed by atoms with E-state index >= 15 is 0 Å². The number of thiazole rings is 1. The van der Waals surface area contributed by atoms with Crippen LogP contribution in [0.25, 0.3) is 28.2 Å². The number of carbonyl (C=O) groups excluding carboxylic acids is 1. The first-order valence-corrected chi connectivity index (χ1v) is 11.9. The number of H-pyrrole nitrogens is 1. The Bertz CT molecular complexity index is 1430. The molecule has 1 aliphatic rings. The van der Waals surface area contributed by atoms with Crippen LogP contribution in [0.2, 0.25) is 0 Å². The number of amides is 1. The van der Waals surface area contributed by atoms with Gasteiger partial charge in [-0.1, -0.05) is 18.2 Å². The molecule has 0 saturated carbocycles. The molecule has 1 fully saturated rings. The standard InChI is InChI=1S/C24H23N7OS/c1-16-19(31-9-5-4-8-20(31)26-16)14-21(32)29-10-12-30(13-11-29)24-22(25-15-33-24)23-27-17-6-2-3-7-18(17)28-23/h2-9,15H,10-14H2,1H3,(H,27,28). The van der Waals surface area contributed by atoms with Gasteiger partial charge in [0.2, 0.25) is 5.91 Å². The number of anilines is 1. The summed E-state index contributed by atoms with van der Waals surface area (Å²) in [6.45, 7) is 4.88. The lowest BCUT2D eigenvalue weighted by molar-refractivity contribution is -0.130. The summed E-state index contributed by atoms with van der Waals surface area (Å²) in [7, 11) is 0. The molecule has 5 heterocycles. The summed E-state index contributed by atoms with van der Waals surface area (Å²) in [5, 5.41) is 1.10. The number of nitrogens with one attached hydrogen (secondary N) is 1. The molecule has 1 aromatic carbocycles. The van der Waals surface area contributed by atoms with Crippen molar-refractivity contribution in [2.24, 2.45) is 0 Å². The van der Waals surface area contributed by atoms with E-state index in [4.69, 9.17) is 4.98 Å². The smallest absolute Gasteiger partial charge is 0.228 e. The van der Waals surface area contributed by atoms with Crippen LogP contribution in [-0.2, 0) is 11.2 Å². The minimum atomic E-state index is 0.144. The van der Waals surface area contributed by atoms with Gasteiger partial charge in [0.1, 0.15) is 16.3 Å². The number of benzene rings is 1. The lowest BCUT2D eigenvalue weighted by Crippen LogP contribution is -2.49. The lowest BCUT2D eigenvalue weighted by atomic mass is 10.2. The van der Waals surface area contributed by atoms with Crippen LogP contribution in [0, 0.1) is 6.92 Å². The summed E-state index contributed by atoms with van der Waals surface area (Å²) >= 11 is 1.62. The number of aromatic nitrogens is 5. The number of imidazole rings is 2. The zero-order valence-electron chi connectivity index (χ0n) is 18.2. The molecule has 0 radical (unpaired) electrons. The molecule has 8 nitrogen and oxygen atoms in total. The van der Waals surface area contributed by atoms with Crippen molar-refractivity contribution in [3.63, 3.8) is 0 Å². The number of fused-ring (bicyclic) bond motifs is 2. The average molecular weight is 458 g/mol. The normalized spacial score (nSPS) is 14.5. The van der Waals surface area contributed by atoms with E-state index in [0.29, 0.717) is 19.5 Å². The zero-order chi connectivity index (χ0) is 22.4. The second-order valence-electron chi connectivity index (χ2n) is 8.23. The summed E-state index contributed by atoms with van der Waals surface area (Å²) in [6.07, 6.45) is 2.33. The van der Waals surface area contributed by atoms with Gasteiger partial charge in [-0.15, -0.1) is 11.3 Å². The summed E-state index contributed by atoms with van der Waals surface area (Å²) in [5.41, 5.74) is 7.43. The Morgan fingerprint density at radius 1 is 1.06 bits per heavy atom. The largest absolute Gasteiger partial charge is 0.358 e. The molecule has 5 aromatic rings. The number of para-hydroxylation sites is 2. The molecule has 9 heteroatoms. The van der Waals surface area contributed by atoms with E-state index in [1.165, 1.54) is 0 Å². The minimum absolute atomic E-state index is 0.144. The molecule has 4 aromatic heterocycles. The van der Waals surface area contributed by atoms with Crippen molar-refractivity contribution in [1.82, 2.24) is 29.2 Å². The summed E-state index contributed by atoms with van der Waals surface area (Å²) in [4.78, 5) is 34.6. The van der Waals surface area contributed by atoms with Crippen molar-refractivity contribution in [1.29, 1.82) is 0 Å². The lowest BCUT2D eigenvalue weighted by Gasteiger charge is -2.35. The summed E-state index contributed by atoms with van der Waals surface area (Å²) in [5.74, 6) is 0.930. The van der Waals surface area contributed by atoms with Crippen molar-refractivity contribution in [3.8, 4) is 11.5 Å². The molecule has 1 amide bonds. The SMILES string of the molecule is Cc1nc2ccccn2c1CC(=O)N1CCN(c2scnc2-c2nc3ccccc3[nH]2)CC1. The quantitative estimate of drug-likeness (QED) is 0.446. The number of piperazine rings is 1. The molecule has 0 unspecified atom stereocenters. The van der Waals surface area contributed by atoms with Gasteiger partial charge in [0.15, 0.2) is 5.82 Å². The van der Waals surface area contributed by atoms with Crippen LogP contribution in [0.4, 0.5) is 5.00 Å². The fraction of sp³-hybridized carbons (Fsp3) is 0.250. The van der Waals surface area contributed by atoms with Crippen LogP contribution < -0.4 is 4.90 Å². The predicted octanol–water partition coefficient (Wildman–Crippen LogP) is 3.53. The Morgan fingerprint density at radius 3 is 2.73 bits per heavy atom. The van der Waals surface area contributed by atoms with E-state index in [9.17, 15) is 4.79 Å². The van der Waals surface area contributed by atoms with Crippen molar-refractivity contribution < 1.29 is 4.79 Å². The molecule has 1 saturated heterocycles. The van der Waals surface area contributed by atoms with Crippen molar-refractivity contribution >= 4 is 38.9 Å². The van der Waals surface area contributed by atoms with E-state index in [1.807, 2.05) is 70.4 Å². The molecule has 33 heavy (non-hydrogen) atoms. The van der Waals surface area contributed by atoms with E-state index in [-0.39, 0.29) is 5.91 Å². The first kappa shape index (κ1) is 19.9. The Labute approximate surface area is 194 Å². The highest BCUT2D eigenvalue weighted by Crippen LogP contribution is 2.33. The van der Waals surface area contributed by atoms with Gasteiger partial charge in [-0.3, -0.25) is 4.79 Å². The van der Waals surface area contributed by atoms with E-state index in [0.717, 1.165) is 57.7 Å². The van der Waals surface area contributed by atoms with Crippen molar-refractivity contribution in [2.75, 3.05) is 31.1 Å². The number of hydrogen-bond acceptors (Lipinski definition) is 6. The fourth-order valence-corrected chi connectivity index (χ4v) is 5.33. The number of rotatable bonds is 4. The van der Waals surface area contributed by atoms with Crippen LogP contribution >= 0.6 is 11.3 Å². The van der Waals surface area contributed by atoms with Gasteiger partial charge in [0.25, 0.3) is 0 Å². The maximum absolute atomic E-state index is 13.1. The van der Waals surface area contributed by atoms with Gasteiger partial charge < -0.3 is 19.2 Å². The highest BCUT2D eigenvalue weighted by molar-refractivity contribution is 7.14. The van der Waals surface area contributed by atoms with Gasteiger partial charge >= 0.3 is 0 Å². The summed E-state index contributed by atoms with van der Waals surface area (Å²) in [6, 6.07) is 13.9. The van der Waals surface area contributed by atoms with Crippen LogP contribution in [0.3, 0.4) is 0 Å². The number of hydrogen-bond donors (Lipinski definition) is 1.